The lowest BCUT2D eigenvalue weighted by molar-refractivity contribution is 0.366. The molecule has 0 saturated carbocycles. The molecule has 0 saturated heterocycles. The second-order valence-corrected chi connectivity index (χ2v) is 6.50. The molecule has 0 amide bonds. The molecule has 0 heterocycles. The Hall–Kier alpha value is -1.08. The number of nitrogens with one attached hydrogen (secondary N) is 1. The molecule has 0 spiro atoms. The summed E-state index contributed by atoms with van der Waals surface area (Å²) < 4.78 is 0. The standard InChI is InChI=1S/C19H29N/c1-4-15-20-18(16-11-7-5-8-12-16)19(2,3)17-13-9-6-10-14-17/h6,9-11,13-14,18,20H,4-5,7-8,12,15H2,1-3H3. The summed E-state index contributed by atoms with van der Waals surface area (Å²) in [5.74, 6) is 0. The molecule has 1 atom stereocenters. The van der Waals surface area contributed by atoms with Crippen LogP contribution in [0.15, 0.2) is 42.0 Å². The van der Waals surface area contributed by atoms with Crippen molar-refractivity contribution in [2.75, 3.05) is 6.54 Å². The number of benzene rings is 1. The molecule has 110 valence electrons. The summed E-state index contributed by atoms with van der Waals surface area (Å²) >= 11 is 0. The molecule has 0 fully saturated rings. The van der Waals surface area contributed by atoms with Gasteiger partial charge >= 0.3 is 0 Å². The summed E-state index contributed by atoms with van der Waals surface area (Å²) in [6.07, 6.45) is 8.90. The molecule has 0 aliphatic heterocycles. The minimum atomic E-state index is 0.138. The predicted octanol–water partition coefficient (Wildman–Crippen LogP) is 4.83. The first-order valence-electron chi connectivity index (χ1n) is 8.14. The predicted molar refractivity (Wildman–Crippen MR) is 88.1 cm³/mol. The van der Waals surface area contributed by atoms with Crippen molar-refractivity contribution in [3.8, 4) is 0 Å². The van der Waals surface area contributed by atoms with E-state index in [2.05, 4.69) is 62.5 Å². The highest BCUT2D eigenvalue weighted by molar-refractivity contribution is 5.31. The second kappa shape index (κ2) is 7.08. The molecule has 1 heteroatoms. The van der Waals surface area contributed by atoms with Gasteiger partial charge in [-0.05, 0) is 44.2 Å². The van der Waals surface area contributed by atoms with Crippen LogP contribution >= 0.6 is 0 Å². The van der Waals surface area contributed by atoms with E-state index in [-0.39, 0.29) is 5.41 Å². The van der Waals surface area contributed by atoms with Crippen LogP contribution in [0.3, 0.4) is 0 Å². The van der Waals surface area contributed by atoms with Crippen LogP contribution in [-0.2, 0) is 5.41 Å². The maximum absolute atomic E-state index is 3.81. The van der Waals surface area contributed by atoms with E-state index in [0.29, 0.717) is 6.04 Å². The topological polar surface area (TPSA) is 12.0 Å². The Balaban J connectivity index is 2.27. The van der Waals surface area contributed by atoms with Gasteiger partial charge in [0.05, 0.1) is 0 Å². The first kappa shape index (κ1) is 15.3. The average molecular weight is 271 g/mol. The third-order valence-corrected chi connectivity index (χ3v) is 4.53. The Kier molecular flexibility index (Phi) is 5.42. The highest BCUT2D eigenvalue weighted by atomic mass is 14.9. The molecule has 0 bridgehead atoms. The van der Waals surface area contributed by atoms with Gasteiger partial charge in [0.25, 0.3) is 0 Å². The summed E-state index contributed by atoms with van der Waals surface area (Å²) in [6, 6.07) is 11.4. The van der Waals surface area contributed by atoms with Crippen LogP contribution in [0.5, 0.6) is 0 Å². The van der Waals surface area contributed by atoms with Gasteiger partial charge < -0.3 is 5.32 Å². The summed E-state index contributed by atoms with van der Waals surface area (Å²) in [7, 11) is 0. The fourth-order valence-corrected chi connectivity index (χ4v) is 3.30. The largest absolute Gasteiger partial charge is 0.309 e. The molecule has 1 N–H and O–H groups in total. The monoisotopic (exact) mass is 271 g/mol. The quantitative estimate of drug-likeness (QED) is 0.731. The second-order valence-electron chi connectivity index (χ2n) is 6.50. The minimum Gasteiger partial charge on any atom is -0.309 e. The molecule has 1 aromatic carbocycles. The van der Waals surface area contributed by atoms with E-state index in [9.17, 15) is 0 Å². The SMILES string of the molecule is CCCNC(C1=CCCCC1)C(C)(C)c1ccccc1. The normalized spacial score (nSPS) is 17.6. The van der Waals surface area contributed by atoms with Crippen LogP contribution in [0.4, 0.5) is 0 Å². The first-order chi connectivity index (χ1) is 9.66. The third kappa shape index (κ3) is 3.52. The number of rotatable bonds is 6. The van der Waals surface area contributed by atoms with Gasteiger partial charge in [0.15, 0.2) is 0 Å². The molecule has 1 aromatic rings. The number of allylic oxidation sites excluding steroid dienone is 1. The number of hydrogen-bond acceptors (Lipinski definition) is 1. The van der Waals surface area contributed by atoms with Gasteiger partial charge in [-0.25, -0.2) is 0 Å². The van der Waals surface area contributed by atoms with E-state index in [0.717, 1.165) is 6.54 Å². The highest BCUT2D eigenvalue weighted by Gasteiger charge is 2.33. The van der Waals surface area contributed by atoms with Gasteiger partial charge in [-0.15, -0.1) is 0 Å². The van der Waals surface area contributed by atoms with E-state index in [1.54, 1.807) is 5.57 Å². The maximum atomic E-state index is 3.81. The van der Waals surface area contributed by atoms with Crippen molar-refractivity contribution in [2.24, 2.45) is 0 Å². The van der Waals surface area contributed by atoms with Crippen molar-refractivity contribution in [2.45, 2.75) is 64.3 Å². The van der Waals surface area contributed by atoms with Crippen LogP contribution in [0, 0.1) is 0 Å². The fraction of sp³-hybridized carbons (Fsp3) is 0.579. The van der Waals surface area contributed by atoms with E-state index in [4.69, 9.17) is 0 Å². The van der Waals surface area contributed by atoms with Gasteiger partial charge in [-0.2, -0.15) is 0 Å². The van der Waals surface area contributed by atoms with Gasteiger partial charge in [0.1, 0.15) is 0 Å². The summed E-state index contributed by atoms with van der Waals surface area (Å²) in [4.78, 5) is 0. The third-order valence-electron chi connectivity index (χ3n) is 4.53. The zero-order valence-corrected chi connectivity index (χ0v) is 13.3. The summed E-state index contributed by atoms with van der Waals surface area (Å²) in [5.41, 5.74) is 3.19. The van der Waals surface area contributed by atoms with Crippen molar-refractivity contribution in [3.63, 3.8) is 0 Å². The van der Waals surface area contributed by atoms with Crippen LogP contribution in [0.1, 0.15) is 58.4 Å². The van der Waals surface area contributed by atoms with E-state index < -0.39 is 0 Å². The zero-order chi connectivity index (χ0) is 14.4. The molecule has 1 aliphatic carbocycles. The highest BCUT2D eigenvalue weighted by Crippen LogP contribution is 2.34. The van der Waals surface area contributed by atoms with Gasteiger partial charge in [0.2, 0.25) is 0 Å². The van der Waals surface area contributed by atoms with Crippen molar-refractivity contribution >= 4 is 0 Å². The van der Waals surface area contributed by atoms with Crippen LogP contribution in [0.2, 0.25) is 0 Å². The first-order valence-corrected chi connectivity index (χ1v) is 8.14. The molecule has 2 rings (SSSR count). The van der Waals surface area contributed by atoms with Crippen molar-refractivity contribution in [1.29, 1.82) is 0 Å². The smallest absolute Gasteiger partial charge is 0.0371 e. The molecule has 0 aromatic heterocycles. The van der Waals surface area contributed by atoms with Crippen LogP contribution in [-0.4, -0.2) is 12.6 Å². The fourth-order valence-electron chi connectivity index (χ4n) is 3.30. The Morgan fingerprint density at radius 3 is 2.50 bits per heavy atom. The van der Waals surface area contributed by atoms with Crippen LogP contribution < -0.4 is 5.32 Å². The molecule has 1 aliphatic rings. The summed E-state index contributed by atoms with van der Waals surface area (Å²) in [5, 5.41) is 3.81. The lowest BCUT2D eigenvalue weighted by Gasteiger charge is -2.38. The van der Waals surface area contributed by atoms with Crippen molar-refractivity contribution < 1.29 is 0 Å². The molecular weight excluding hydrogens is 242 g/mol. The van der Waals surface area contributed by atoms with Crippen molar-refractivity contribution in [1.82, 2.24) is 5.32 Å². The molecule has 1 nitrogen and oxygen atoms in total. The van der Waals surface area contributed by atoms with Gasteiger partial charge in [0, 0.05) is 11.5 Å². The Morgan fingerprint density at radius 1 is 1.15 bits per heavy atom. The lowest BCUT2D eigenvalue weighted by atomic mass is 9.72. The Bertz CT molecular complexity index is 430. The van der Waals surface area contributed by atoms with Gasteiger partial charge in [-0.3, -0.25) is 0 Å². The molecule has 1 unspecified atom stereocenters. The zero-order valence-electron chi connectivity index (χ0n) is 13.3. The van der Waals surface area contributed by atoms with Crippen LogP contribution in [0.25, 0.3) is 0 Å². The molecule has 0 radical (unpaired) electrons. The van der Waals surface area contributed by atoms with E-state index in [1.807, 2.05) is 0 Å². The molecule has 20 heavy (non-hydrogen) atoms. The molecular formula is C19H29N. The summed E-state index contributed by atoms with van der Waals surface area (Å²) in [6.45, 7) is 8.10. The van der Waals surface area contributed by atoms with E-state index >= 15 is 0 Å². The number of hydrogen-bond donors (Lipinski definition) is 1. The maximum Gasteiger partial charge on any atom is 0.0371 e. The van der Waals surface area contributed by atoms with Gasteiger partial charge in [-0.1, -0.05) is 62.8 Å². The Labute approximate surface area is 124 Å². The Morgan fingerprint density at radius 2 is 1.90 bits per heavy atom. The van der Waals surface area contributed by atoms with Crippen molar-refractivity contribution in [3.05, 3.63) is 47.5 Å². The average Bonchev–Trinajstić information content (AvgIpc) is 2.49. The van der Waals surface area contributed by atoms with E-state index in [1.165, 1.54) is 37.7 Å². The lowest BCUT2D eigenvalue weighted by Crippen LogP contribution is -2.46. The minimum absolute atomic E-state index is 0.138.